The van der Waals surface area contributed by atoms with Crippen LogP contribution in [0.15, 0.2) is 22.8 Å². The van der Waals surface area contributed by atoms with Crippen molar-refractivity contribution in [1.29, 1.82) is 0 Å². The summed E-state index contributed by atoms with van der Waals surface area (Å²) in [6.45, 7) is 0. The monoisotopic (exact) mass is 297 g/mol. The Bertz CT molecular complexity index is 326. The molecule has 0 saturated carbocycles. The Labute approximate surface area is 99.3 Å². The maximum absolute atomic E-state index is 12.1. The molecule has 16 heavy (non-hydrogen) atoms. The summed E-state index contributed by atoms with van der Waals surface area (Å²) in [5.74, 6) is 5.07. The predicted octanol–water partition coefficient (Wildman–Crippen LogP) is 2.17. The maximum atomic E-state index is 12.1. The molecule has 90 valence electrons. The Morgan fingerprint density at radius 1 is 1.44 bits per heavy atom. The predicted molar refractivity (Wildman–Crippen MR) is 57.4 cm³/mol. The van der Waals surface area contributed by atoms with E-state index in [4.69, 9.17) is 5.84 Å². The second kappa shape index (κ2) is 5.60. The van der Waals surface area contributed by atoms with E-state index in [0.717, 1.165) is 4.47 Å². The summed E-state index contributed by atoms with van der Waals surface area (Å²) >= 11 is 3.19. The molecule has 1 atom stereocenters. The number of nitrogens with one attached hydrogen (secondary N) is 1. The fraction of sp³-hybridized carbons (Fsp3) is 0.444. The molecule has 0 fully saturated rings. The second-order valence-electron chi connectivity index (χ2n) is 3.35. The van der Waals surface area contributed by atoms with Crippen LogP contribution in [0.4, 0.5) is 13.2 Å². The molecule has 0 bridgehead atoms. The van der Waals surface area contributed by atoms with E-state index in [1.54, 1.807) is 12.1 Å². The Kier molecular flexibility index (Phi) is 4.69. The topological polar surface area (TPSA) is 50.9 Å². The summed E-state index contributed by atoms with van der Waals surface area (Å²) < 4.78 is 37.2. The van der Waals surface area contributed by atoms with Gasteiger partial charge in [-0.2, -0.15) is 13.2 Å². The highest BCUT2D eigenvalue weighted by molar-refractivity contribution is 9.10. The van der Waals surface area contributed by atoms with Gasteiger partial charge in [-0.05, 0) is 28.1 Å². The molecular formula is C9H11BrF3N3. The van der Waals surface area contributed by atoms with Gasteiger partial charge in [-0.1, -0.05) is 0 Å². The van der Waals surface area contributed by atoms with Gasteiger partial charge in [0.25, 0.3) is 0 Å². The summed E-state index contributed by atoms with van der Waals surface area (Å²) in [6, 6.07) is 2.53. The first-order valence-corrected chi connectivity index (χ1v) is 5.33. The number of aromatic nitrogens is 1. The van der Waals surface area contributed by atoms with Crippen LogP contribution in [-0.2, 0) is 6.42 Å². The smallest absolute Gasteiger partial charge is 0.271 e. The molecule has 0 aliphatic carbocycles. The molecule has 1 unspecified atom stereocenters. The van der Waals surface area contributed by atoms with Gasteiger partial charge in [-0.3, -0.25) is 16.3 Å². The minimum atomic E-state index is -4.23. The highest BCUT2D eigenvalue weighted by atomic mass is 79.9. The molecule has 1 heterocycles. The zero-order chi connectivity index (χ0) is 12.2. The van der Waals surface area contributed by atoms with Crippen molar-refractivity contribution >= 4 is 15.9 Å². The average Bonchev–Trinajstić information content (AvgIpc) is 2.18. The number of alkyl halides is 3. The first kappa shape index (κ1) is 13.4. The van der Waals surface area contributed by atoms with Crippen LogP contribution >= 0.6 is 15.9 Å². The normalized spacial score (nSPS) is 13.8. The van der Waals surface area contributed by atoms with E-state index in [-0.39, 0.29) is 6.42 Å². The van der Waals surface area contributed by atoms with Crippen LogP contribution in [0, 0.1) is 0 Å². The number of nitrogens with two attached hydrogens (primary N) is 1. The average molecular weight is 298 g/mol. The van der Waals surface area contributed by atoms with Gasteiger partial charge in [0.05, 0.1) is 6.42 Å². The van der Waals surface area contributed by atoms with Crippen molar-refractivity contribution in [3.8, 4) is 0 Å². The van der Waals surface area contributed by atoms with Crippen molar-refractivity contribution < 1.29 is 13.2 Å². The molecule has 0 amide bonds. The number of halogens is 4. The lowest BCUT2D eigenvalue weighted by Gasteiger charge is -2.17. The lowest BCUT2D eigenvalue weighted by atomic mass is 10.1. The molecule has 1 rings (SSSR count). The van der Waals surface area contributed by atoms with E-state index in [9.17, 15) is 13.2 Å². The van der Waals surface area contributed by atoms with Crippen LogP contribution in [0.3, 0.4) is 0 Å². The quantitative estimate of drug-likeness (QED) is 0.661. The largest absolute Gasteiger partial charge is 0.390 e. The molecule has 0 radical (unpaired) electrons. The number of rotatable bonds is 4. The number of hydrazine groups is 1. The minimum Gasteiger partial charge on any atom is -0.271 e. The summed E-state index contributed by atoms with van der Waals surface area (Å²) in [4.78, 5) is 3.99. The van der Waals surface area contributed by atoms with Crippen LogP contribution in [-0.4, -0.2) is 17.2 Å². The molecule has 3 nitrogen and oxygen atoms in total. The van der Waals surface area contributed by atoms with Crippen molar-refractivity contribution in [2.45, 2.75) is 25.1 Å². The van der Waals surface area contributed by atoms with E-state index in [0.29, 0.717) is 5.69 Å². The molecule has 0 aromatic carbocycles. The Hall–Kier alpha value is -0.660. The molecule has 0 aliphatic rings. The summed E-state index contributed by atoms with van der Waals surface area (Å²) in [5, 5.41) is 0. The minimum absolute atomic E-state index is 0.142. The zero-order valence-electron chi connectivity index (χ0n) is 8.26. The highest BCUT2D eigenvalue weighted by Gasteiger charge is 2.31. The number of pyridine rings is 1. The van der Waals surface area contributed by atoms with Crippen LogP contribution in [0.5, 0.6) is 0 Å². The van der Waals surface area contributed by atoms with E-state index in [1.165, 1.54) is 6.20 Å². The van der Waals surface area contributed by atoms with Gasteiger partial charge in [-0.15, -0.1) is 0 Å². The lowest BCUT2D eigenvalue weighted by Crippen LogP contribution is -2.40. The summed E-state index contributed by atoms with van der Waals surface area (Å²) in [7, 11) is 0. The number of nitrogens with zero attached hydrogens (tertiary/aromatic N) is 1. The molecule has 1 aromatic rings. The molecule has 1 aromatic heterocycles. The van der Waals surface area contributed by atoms with Gasteiger partial charge in [0.15, 0.2) is 0 Å². The van der Waals surface area contributed by atoms with Crippen molar-refractivity contribution in [3.63, 3.8) is 0 Å². The second-order valence-corrected chi connectivity index (χ2v) is 4.27. The van der Waals surface area contributed by atoms with Crippen LogP contribution < -0.4 is 11.3 Å². The summed E-state index contributed by atoms with van der Waals surface area (Å²) in [6.07, 6.45) is -3.52. The Balaban J connectivity index is 2.60. The van der Waals surface area contributed by atoms with Crippen molar-refractivity contribution in [1.82, 2.24) is 10.4 Å². The molecular weight excluding hydrogens is 287 g/mol. The van der Waals surface area contributed by atoms with E-state index < -0.39 is 18.6 Å². The third-order valence-electron chi connectivity index (χ3n) is 1.96. The van der Waals surface area contributed by atoms with Crippen molar-refractivity contribution in [2.24, 2.45) is 5.84 Å². The Morgan fingerprint density at radius 2 is 2.12 bits per heavy atom. The third-order valence-corrected chi connectivity index (χ3v) is 2.43. The number of hydrogen-bond acceptors (Lipinski definition) is 3. The van der Waals surface area contributed by atoms with Crippen molar-refractivity contribution in [2.75, 3.05) is 0 Å². The Morgan fingerprint density at radius 3 is 2.56 bits per heavy atom. The van der Waals surface area contributed by atoms with Crippen LogP contribution in [0.1, 0.15) is 12.1 Å². The van der Waals surface area contributed by atoms with Gasteiger partial charge in [-0.25, -0.2) is 0 Å². The molecule has 0 saturated heterocycles. The molecule has 3 N–H and O–H groups in total. The SMILES string of the molecule is NNC(Cc1ccc(Br)cn1)CC(F)(F)F. The van der Waals surface area contributed by atoms with E-state index >= 15 is 0 Å². The molecule has 0 spiro atoms. The van der Waals surface area contributed by atoms with Gasteiger partial charge in [0.2, 0.25) is 0 Å². The van der Waals surface area contributed by atoms with Gasteiger partial charge in [0, 0.05) is 28.8 Å². The standard InChI is InChI=1S/C9H11BrF3N3/c10-6-1-2-7(15-5-6)3-8(16-14)4-9(11,12)13/h1-2,5,8,16H,3-4,14H2. The first-order chi connectivity index (χ1) is 7.40. The van der Waals surface area contributed by atoms with Gasteiger partial charge < -0.3 is 0 Å². The van der Waals surface area contributed by atoms with Gasteiger partial charge >= 0.3 is 6.18 Å². The van der Waals surface area contributed by atoms with Crippen molar-refractivity contribution in [3.05, 3.63) is 28.5 Å². The lowest BCUT2D eigenvalue weighted by molar-refractivity contribution is -0.140. The van der Waals surface area contributed by atoms with Gasteiger partial charge in [0.1, 0.15) is 0 Å². The molecule has 0 aliphatic heterocycles. The summed E-state index contributed by atoms with van der Waals surface area (Å²) in [5.41, 5.74) is 2.72. The van der Waals surface area contributed by atoms with Crippen LogP contribution in [0.2, 0.25) is 0 Å². The number of hydrogen-bond donors (Lipinski definition) is 2. The third kappa shape index (κ3) is 4.91. The molecule has 7 heteroatoms. The maximum Gasteiger partial charge on any atom is 0.390 e. The van der Waals surface area contributed by atoms with Crippen LogP contribution in [0.25, 0.3) is 0 Å². The zero-order valence-corrected chi connectivity index (χ0v) is 9.85. The fourth-order valence-electron chi connectivity index (χ4n) is 1.25. The van der Waals surface area contributed by atoms with E-state index in [2.05, 4.69) is 26.3 Å². The first-order valence-electron chi connectivity index (χ1n) is 4.54. The fourth-order valence-corrected chi connectivity index (χ4v) is 1.48. The highest BCUT2D eigenvalue weighted by Crippen LogP contribution is 2.22. The van der Waals surface area contributed by atoms with E-state index in [1.807, 2.05) is 0 Å².